The van der Waals surface area contributed by atoms with E-state index in [0.717, 1.165) is 16.8 Å². The minimum absolute atomic E-state index is 0.0307. The fraction of sp³-hybridized carbons (Fsp3) is 0.250. The third-order valence-corrected chi connectivity index (χ3v) is 2.94. The van der Waals surface area contributed by atoms with Gasteiger partial charge in [0.25, 0.3) is 0 Å². The maximum Gasteiger partial charge on any atom is 0.417 e. The lowest BCUT2D eigenvalue weighted by Crippen LogP contribution is -2.07. The van der Waals surface area contributed by atoms with E-state index in [-0.39, 0.29) is 28.8 Å². The van der Waals surface area contributed by atoms with Crippen LogP contribution in [0.25, 0.3) is 5.82 Å². The summed E-state index contributed by atoms with van der Waals surface area (Å²) in [5.74, 6) is 0.0758. The summed E-state index contributed by atoms with van der Waals surface area (Å²) in [6, 6.07) is 3.86. The summed E-state index contributed by atoms with van der Waals surface area (Å²) in [6.07, 6.45) is -3.80. The number of hydrogen-bond acceptors (Lipinski definition) is 4. The van der Waals surface area contributed by atoms with Crippen LogP contribution in [-0.2, 0) is 17.5 Å². The van der Waals surface area contributed by atoms with Gasteiger partial charge in [0.05, 0.1) is 12.2 Å². The molecular formula is C12H8ClF3N4O. The Kier molecular flexibility index (Phi) is 4.16. The number of pyridine rings is 1. The van der Waals surface area contributed by atoms with Crippen LogP contribution in [0.2, 0.25) is 5.15 Å². The van der Waals surface area contributed by atoms with Crippen molar-refractivity contribution in [3.8, 4) is 11.9 Å². The zero-order chi connectivity index (χ0) is 15.6. The maximum atomic E-state index is 12.5. The summed E-state index contributed by atoms with van der Waals surface area (Å²) in [5.41, 5.74) is -0.501. The summed E-state index contributed by atoms with van der Waals surface area (Å²) in [4.78, 5) is 3.67. The van der Waals surface area contributed by atoms with Crippen molar-refractivity contribution in [1.82, 2.24) is 14.8 Å². The molecule has 0 aliphatic heterocycles. The first-order chi connectivity index (χ1) is 9.88. The summed E-state index contributed by atoms with van der Waals surface area (Å²) >= 11 is 5.99. The van der Waals surface area contributed by atoms with Crippen molar-refractivity contribution < 1.29 is 17.9 Å². The van der Waals surface area contributed by atoms with Gasteiger partial charge in [0.2, 0.25) is 0 Å². The van der Waals surface area contributed by atoms with Crippen molar-refractivity contribution in [2.24, 2.45) is 0 Å². The smallest absolute Gasteiger partial charge is 0.378 e. The van der Waals surface area contributed by atoms with Gasteiger partial charge in [0, 0.05) is 13.3 Å². The molecule has 0 fully saturated rings. The molecule has 0 bridgehead atoms. The highest BCUT2D eigenvalue weighted by Gasteiger charge is 2.31. The number of nitrogens with zero attached hydrogens (tertiary/aromatic N) is 4. The zero-order valence-electron chi connectivity index (χ0n) is 10.6. The first kappa shape index (κ1) is 15.3. The van der Waals surface area contributed by atoms with Gasteiger partial charge in [-0.05, 0) is 12.1 Å². The molecule has 0 aliphatic carbocycles. The molecule has 0 N–H and O–H groups in total. The predicted octanol–water partition coefficient (Wildman–Crippen LogP) is 2.96. The number of alkyl halides is 3. The number of methoxy groups -OCH3 is 1. The van der Waals surface area contributed by atoms with Gasteiger partial charge in [-0.15, -0.1) is 0 Å². The number of hydrogen-bond donors (Lipinski definition) is 0. The Hall–Kier alpha value is -2.11. The molecule has 2 heterocycles. The Morgan fingerprint density at radius 3 is 2.62 bits per heavy atom. The molecule has 0 amide bonds. The van der Waals surface area contributed by atoms with E-state index in [1.165, 1.54) is 7.11 Å². The van der Waals surface area contributed by atoms with Crippen molar-refractivity contribution in [2.75, 3.05) is 7.11 Å². The topological polar surface area (TPSA) is 63.7 Å². The van der Waals surface area contributed by atoms with Crippen molar-refractivity contribution in [1.29, 1.82) is 5.26 Å². The van der Waals surface area contributed by atoms with Crippen molar-refractivity contribution in [2.45, 2.75) is 12.8 Å². The average molecular weight is 317 g/mol. The Balaban J connectivity index is 2.45. The first-order valence-electron chi connectivity index (χ1n) is 5.58. The minimum Gasteiger partial charge on any atom is -0.378 e. The number of nitriles is 1. The van der Waals surface area contributed by atoms with Gasteiger partial charge >= 0.3 is 6.18 Å². The molecule has 21 heavy (non-hydrogen) atoms. The van der Waals surface area contributed by atoms with Gasteiger partial charge in [-0.1, -0.05) is 11.6 Å². The number of ether oxygens (including phenoxy) is 1. The molecular weight excluding hydrogens is 309 g/mol. The predicted molar refractivity (Wildman–Crippen MR) is 66.8 cm³/mol. The molecule has 0 atom stereocenters. The standard InChI is InChI=1S/C12H8ClF3N4O/c1-21-6-9-8(4-17)11(13)20(19-9)10-3-2-7(5-18-10)12(14,15)16/h2-3,5H,6H2,1H3. The third kappa shape index (κ3) is 2.99. The largest absolute Gasteiger partial charge is 0.417 e. The molecule has 2 aromatic rings. The van der Waals surface area contributed by atoms with Gasteiger partial charge in [-0.2, -0.15) is 23.5 Å². The second-order valence-corrected chi connectivity index (χ2v) is 4.33. The van der Waals surface area contributed by atoms with Gasteiger partial charge in [0.1, 0.15) is 17.3 Å². The van der Waals surface area contributed by atoms with Crippen LogP contribution in [0, 0.1) is 11.3 Å². The van der Waals surface area contributed by atoms with E-state index in [4.69, 9.17) is 21.6 Å². The third-order valence-electron chi connectivity index (χ3n) is 2.59. The highest BCUT2D eigenvalue weighted by Crippen LogP contribution is 2.29. The molecule has 0 unspecified atom stereocenters. The monoisotopic (exact) mass is 316 g/mol. The van der Waals surface area contributed by atoms with E-state index in [2.05, 4.69) is 10.1 Å². The maximum absolute atomic E-state index is 12.5. The lowest BCUT2D eigenvalue weighted by Gasteiger charge is -2.07. The molecule has 9 heteroatoms. The molecule has 0 radical (unpaired) electrons. The van der Waals surface area contributed by atoms with Crippen LogP contribution in [0.4, 0.5) is 13.2 Å². The van der Waals surface area contributed by atoms with Crippen molar-refractivity contribution in [3.63, 3.8) is 0 Å². The minimum atomic E-state index is -4.47. The van der Waals surface area contributed by atoms with Crippen LogP contribution in [0.3, 0.4) is 0 Å². The van der Waals surface area contributed by atoms with E-state index in [1.807, 2.05) is 6.07 Å². The van der Waals surface area contributed by atoms with E-state index in [0.29, 0.717) is 6.20 Å². The Bertz CT molecular complexity index is 688. The lowest BCUT2D eigenvalue weighted by molar-refractivity contribution is -0.137. The lowest BCUT2D eigenvalue weighted by atomic mass is 10.3. The first-order valence-corrected chi connectivity index (χ1v) is 5.96. The molecule has 0 spiro atoms. The Labute approximate surface area is 122 Å². The fourth-order valence-corrected chi connectivity index (χ4v) is 1.89. The number of aromatic nitrogens is 3. The SMILES string of the molecule is COCc1nn(-c2ccc(C(F)(F)F)cn2)c(Cl)c1C#N. The van der Waals surface area contributed by atoms with Crippen LogP contribution in [0.1, 0.15) is 16.8 Å². The quantitative estimate of drug-likeness (QED) is 0.873. The fourth-order valence-electron chi connectivity index (χ4n) is 1.62. The molecule has 0 saturated carbocycles. The van der Waals surface area contributed by atoms with Gasteiger partial charge < -0.3 is 4.74 Å². The van der Waals surface area contributed by atoms with Gasteiger partial charge in [0.15, 0.2) is 11.0 Å². The Morgan fingerprint density at radius 2 is 2.14 bits per heavy atom. The molecule has 0 aliphatic rings. The van der Waals surface area contributed by atoms with Gasteiger partial charge in [-0.3, -0.25) is 0 Å². The second-order valence-electron chi connectivity index (χ2n) is 3.97. The van der Waals surface area contributed by atoms with Gasteiger partial charge in [-0.25, -0.2) is 9.67 Å². The molecule has 0 saturated heterocycles. The summed E-state index contributed by atoms with van der Waals surface area (Å²) in [5, 5.41) is 13.0. The van der Waals surface area contributed by atoms with Crippen LogP contribution in [-0.4, -0.2) is 21.9 Å². The molecule has 5 nitrogen and oxygen atoms in total. The number of rotatable bonds is 3. The Morgan fingerprint density at radius 1 is 1.43 bits per heavy atom. The summed E-state index contributed by atoms with van der Waals surface area (Å²) in [6.45, 7) is 0.0518. The highest BCUT2D eigenvalue weighted by molar-refractivity contribution is 6.31. The number of halogens is 4. The van der Waals surface area contributed by atoms with Crippen LogP contribution < -0.4 is 0 Å². The normalized spacial score (nSPS) is 11.4. The molecule has 0 aromatic carbocycles. The van der Waals surface area contributed by atoms with Crippen molar-refractivity contribution >= 4 is 11.6 Å². The second kappa shape index (κ2) is 5.71. The molecule has 2 aromatic heterocycles. The van der Waals surface area contributed by atoms with Crippen LogP contribution in [0.5, 0.6) is 0 Å². The van der Waals surface area contributed by atoms with E-state index >= 15 is 0 Å². The van der Waals surface area contributed by atoms with Crippen molar-refractivity contribution in [3.05, 3.63) is 40.3 Å². The van der Waals surface area contributed by atoms with E-state index < -0.39 is 11.7 Å². The van der Waals surface area contributed by atoms with Crippen LogP contribution in [0.15, 0.2) is 18.3 Å². The zero-order valence-corrected chi connectivity index (χ0v) is 11.4. The van der Waals surface area contributed by atoms with Crippen LogP contribution >= 0.6 is 11.6 Å². The molecule has 2 rings (SSSR count). The molecule has 110 valence electrons. The highest BCUT2D eigenvalue weighted by atomic mass is 35.5. The summed E-state index contributed by atoms with van der Waals surface area (Å²) in [7, 11) is 1.42. The summed E-state index contributed by atoms with van der Waals surface area (Å²) < 4.78 is 43.4. The van der Waals surface area contributed by atoms with E-state index in [1.54, 1.807) is 0 Å². The average Bonchev–Trinajstić information content (AvgIpc) is 2.74. The van der Waals surface area contributed by atoms with E-state index in [9.17, 15) is 13.2 Å².